The lowest BCUT2D eigenvalue weighted by atomic mass is 10.1. The lowest BCUT2D eigenvalue weighted by Gasteiger charge is -2.04. The Morgan fingerprint density at radius 3 is 2.95 bits per heavy atom. The maximum absolute atomic E-state index is 11.9. The number of hydrogen-bond acceptors (Lipinski definition) is 3. The largest absolute Gasteiger partial charge is 0.464 e. The number of rotatable bonds is 7. The van der Waals surface area contributed by atoms with Crippen LogP contribution in [-0.2, 0) is 11.2 Å². The van der Waals surface area contributed by atoms with Crippen LogP contribution >= 0.6 is 0 Å². The van der Waals surface area contributed by atoms with E-state index in [2.05, 4.69) is 5.32 Å². The molecule has 0 saturated heterocycles. The minimum absolute atomic E-state index is 0.0114. The van der Waals surface area contributed by atoms with E-state index in [-0.39, 0.29) is 12.5 Å². The average molecular weight is 275 g/mol. The van der Waals surface area contributed by atoms with Gasteiger partial charge in [0.15, 0.2) is 0 Å². The molecule has 0 spiro atoms. The number of carbonyl (C=O) groups excluding carboxylic acids is 1. The van der Waals surface area contributed by atoms with Crippen LogP contribution in [0.15, 0.2) is 28.9 Å². The Morgan fingerprint density at radius 1 is 1.30 bits per heavy atom. The van der Waals surface area contributed by atoms with Gasteiger partial charge in [-0.1, -0.05) is 12.1 Å². The van der Waals surface area contributed by atoms with Crippen molar-refractivity contribution in [1.82, 2.24) is 5.32 Å². The monoisotopic (exact) mass is 275 g/mol. The van der Waals surface area contributed by atoms with Gasteiger partial charge in [-0.2, -0.15) is 0 Å². The second kappa shape index (κ2) is 7.10. The Bertz CT molecular complexity index is 574. The highest BCUT2D eigenvalue weighted by Gasteiger charge is 2.10. The van der Waals surface area contributed by atoms with Crippen LogP contribution in [0.25, 0.3) is 11.0 Å². The number of nitrogens with one attached hydrogen (secondary N) is 1. The molecule has 0 fully saturated rings. The van der Waals surface area contributed by atoms with Crippen molar-refractivity contribution in [3.05, 3.63) is 35.6 Å². The van der Waals surface area contributed by atoms with Crippen molar-refractivity contribution < 1.29 is 14.3 Å². The quantitative estimate of drug-likeness (QED) is 0.763. The third-order valence-electron chi connectivity index (χ3n) is 3.32. The molecule has 0 radical (unpaired) electrons. The molecule has 1 aromatic heterocycles. The fourth-order valence-electron chi connectivity index (χ4n) is 2.20. The second-order valence-corrected chi connectivity index (χ2v) is 5.07. The summed E-state index contributed by atoms with van der Waals surface area (Å²) in [6.07, 6.45) is 4.63. The van der Waals surface area contributed by atoms with E-state index < -0.39 is 0 Å². The normalized spacial score (nSPS) is 10.9. The Hall–Kier alpha value is -1.81. The third kappa shape index (κ3) is 3.84. The first-order valence-corrected chi connectivity index (χ1v) is 7.05. The summed E-state index contributed by atoms with van der Waals surface area (Å²) in [6, 6.07) is 6.00. The SMILES string of the molecule is Cc1ccc2c(CC(=O)NCCCCCO)coc2c1. The minimum atomic E-state index is 0.0114. The lowest BCUT2D eigenvalue weighted by molar-refractivity contribution is -0.120. The van der Waals surface area contributed by atoms with Crippen molar-refractivity contribution in [1.29, 1.82) is 0 Å². The van der Waals surface area contributed by atoms with E-state index >= 15 is 0 Å². The van der Waals surface area contributed by atoms with Gasteiger partial charge in [-0.25, -0.2) is 0 Å². The van der Waals surface area contributed by atoms with Crippen LogP contribution in [0.4, 0.5) is 0 Å². The molecule has 2 rings (SSSR count). The number of carbonyl (C=O) groups is 1. The molecule has 0 aliphatic rings. The first-order valence-electron chi connectivity index (χ1n) is 7.05. The smallest absolute Gasteiger partial charge is 0.224 e. The molecule has 4 heteroatoms. The topological polar surface area (TPSA) is 62.5 Å². The maximum Gasteiger partial charge on any atom is 0.224 e. The molecule has 2 aromatic rings. The number of hydrogen-bond donors (Lipinski definition) is 2. The highest BCUT2D eigenvalue weighted by Crippen LogP contribution is 2.22. The van der Waals surface area contributed by atoms with Crippen LogP contribution < -0.4 is 5.32 Å². The van der Waals surface area contributed by atoms with Crippen molar-refractivity contribution >= 4 is 16.9 Å². The van der Waals surface area contributed by atoms with Crippen LogP contribution in [-0.4, -0.2) is 24.2 Å². The van der Waals surface area contributed by atoms with E-state index in [1.807, 2.05) is 25.1 Å². The lowest BCUT2D eigenvalue weighted by Crippen LogP contribution is -2.26. The van der Waals surface area contributed by atoms with Crippen LogP contribution in [0.2, 0.25) is 0 Å². The molecule has 0 aliphatic heterocycles. The van der Waals surface area contributed by atoms with E-state index in [1.54, 1.807) is 6.26 Å². The summed E-state index contributed by atoms with van der Waals surface area (Å²) in [7, 11) is 0. The first-order chi connectivity index (χ1) is 9.70. The third-order valence-corrected chi connectivity index (χ3v) is 3.32. The molecular formula is C16H21NO3. The summed E-state index contributed by atoms with van der Waals surface area (Å²) in [5.74, 6) is 0.0114. The van der Waals surface area contributed by atoms with E-state index in [4.69, 9.17) is 9.52 Å². The van der Waals surface area contributed by atoms with Gasteiger partial charge in [0.2, 0.25) is 5.91 Å². The first kappa shape index (κ1) is 14.6. The molecule has 0 unspecified atom stereocenters. The highest BCUT2D eigenvalue weighted by molar-refractivity contribution is 5.87. The summed E-state index contributed by atoms with van der Waals surface area (Å²) in [4.78, 5) is 11.9. The zero-order chi connectivity index (χ0) is 14.4. The van der Waals surface area contributed by atoms with Crippen LogP contribution in [0, 0.1) is 6.92 Å². The van der Waals surface area contributed by atoms with Gasteiger partial charge in [0, 0.05) is 24.1 Å². The summed E-state index contributed by atoms with van der Waals surface area (Å²) in [5, 5.41) is 12.6. The summed E-state index contributed by atoms with van der Waals surface area (Å²) < 4.78 is 5.48. The van der Waals surface area contributed by atoms with E-state index in [0.717, 1.165) is 41.4 Å². The van der Waals surface area contributed by atoms with Crippen LogP contribution in [0.3, 0.4) is 0 Å². The molecule has 20 heavy (non-hydrogen) atoms. The molecule has 0 saturated carbocycles. The predicted molar refractivity (Wildman–Crippen MR) is 78.6 cm³/mol. The number of unbranched alkanes of at least 4 members (excludes halogenated alkanes) is 2. The number of aryl methyl sites for hydroxylation is 1. The Kier molecular flexibility index (Phi) is 5.18. The fourth-order valence-corrected chi connectivity index (χ4v) is 2.20. The van der Waals surface area contributed by atoms with Gasteiger partial charge in [-0.05, 0) is 37.8 Å². The standard InChI is InChI=1S/C16H21NO3/c1-12-5-6-14-13(11-20-15(14)9-12)10-16(19)17-7-3-2-4-8-18/h5-6,9,11,18H,2-4,7-8,10H2,1H3,(H,17,19). The molecule has 0 aliphatic carbocycles. The number of aliphatic hydroxyl groups is 1. The Morgan fingerprint density at radius 2 is 2.15 bits per heavy atom. The molecule has 4 nitrogen and oxygen atoms in total. The van der Waals surface area contributed by atoms with E-state index in [9.17, 15) is 4.79 Å². The zero-order valence-corrected chi connectivity index (χ0v) is 11.8. The van der Waals surface area contributed by atoms with E-state index in [1.165, 1.54) is 0 Å². The van der Waals surface area contributed by atoms with Gasteiger partial charge in [0.25, 0.3) is 0 Å². The van der Waals surface area contributed by atoms with Gasteiger partial charge < -0.3 is 14.8 Å². The average Bonchev–Trinajstić information content (AvgIpc) is 2.81. The van der Waals surface area contributed by atoms with Gasteiger partial charge in [-0.3, -0.25) is 4.79 Å². The number of amides is 1. The van der Waals surface area contributed by atoms with Crippen molar-refractivity contribution in [3.8, 4) is 0 Å². The Balaban J connectivity index is 1.87. The number of benzene rings is 1. The van der Waals surface area contributed by atoms with Crippen molar-refractivity contribution in [2.24, 2.45) is 0 Å². The van der Waals surface area contributed by atoms with Crippen molar-refractivity contribution in [2.75, 3.05) is 13.2 Å². The van der Waals surface area contributed by atoms with Crippen LogP contribution in [0.1, 0.15) is 30.4 Å². The summed E-state index contributed by atoms with van der Waals surface area (Å²) in [5.41, 5.74) is 2.90. The molecule has 1 heterocycles. The number of aliphatic hydroxyl groups excluding tert-OH is 1. The molecule has 108 valence electrons. The van der Waals surface area contributed by atoms with E-state index in [0.29, 0.717) is 13.0 Å². The molecule has 1 amide bonds. The second-order valence-electron chi connectivity index (χ2n) is 5.07. The van der Waals surface area contributed by atoms with Crippen LogP contribution in [0.5, 0.6) is 0 Å². The van der Waals surface area contributed by atoms with Gasteiger partial charge >= 0.3 is 0 Å². The highest BCUT2D eigenvalue weighted by atomic mass is 16.3. The number of fused-ring (bicyclic) bond motifs is 1. The fraction of sp³-hybridized carbons (Fsp3) is 0.438. The van der Waals surface area contributed by atoms with Gasteiger partial charge in [-0.15, -0.1) is 0 Å². The molecule has 2 N–H and O–H groups in total. The van der Waals surface area contributed by atoms with Crippen molar-refractivity contribution in [2.45, 2.75) is 32.6 Å². The number of furan rings is 1. The minimum Gasteiger partial charge on any atom is -0.464 e. The maximum atomic E-state index is 11.9. The molecule has 0 bridgehead atoms. The molecule has 0 atom stereocenters. The van der Waals surface area contributed by atoms with Gasteiger partial charge in [0.05, 0.1) is 12.7 Å². The van der Waals surface area contributed by atoms with Crippen molar-refractivity contribution in [3.63, 3.8) is 0 Å². The summed E-state index contributed by atoms with van der Waals surface area (Å²) >= 11 is 0. The zero-order valence-electron chi connectivity index (χ0n) is 11.8. The van der Waals surface area contributed by atoms with Gasteiger partial charge in [0.1, 0.15) is 5.58 Å². The molecule has 1 aromatic carbocycles. The molecular weight excluding hydrogens is 254 g/mol. The predicted octanol–water partition coefficient (Wildman–Crippen LogP) is 2.56. The summed E-state index contributed by atoms with van der Waals surface area (Å²) in [6.45, 7) is 2.89. The Labute approximate surface area is 118 Å².